The Kier molecular flexibility index (Phi) is 5.70. The Balaban J connectivity index is 1.73. The molecule has 0 bridgehead atoms. The van der Waals surface area contributed by atoms with Crippen molar-refractivity contribution in [2.75, 3.05) is 5.32 Å². The Bertz CT molecular complexity index is 842. The maximum atomic E-state index is 12.5. The van der Waals surface area contributed by atoms with E-state index in [0.717, 1.165) is 22.5 Å². The monoisotopic (exact) mass is 367 g/mol. The normalized spacial score (nSPS) is 10.7. The van der Waals surface area contributed by atoms with Crippen LogP contribution in [0.5, 0.6) is 0 Å². The lowest BCUT2D eigenvalue weighted by Crippen LogP contribution is -2.16. The van der Waals surface area contributed by atoms with Crippen LogP contribution in [0.3, 0.4) is 0 Å². The molecule has 1 heterocycles. The molecule has 0 atom stereocenters. The fourth-order valence-electron chi connectivity index (χ4n) is 2.66. The van der Waals surface area contributed by atoms with E-state index in [1.165, 1.54) is 0 Å². The average Bonchev–Trinajstić information content (AvgIpc) is 3.07. The van der Waals surface area contributed by atoms with Gasteiger partial charge in [0, 0.05) is 12.3 Å². The quantitative estimate of drug-likeness (QED) is 0.668. The van der Waals surface area contributed by atoms with Crippen molar-refractivity contribution >= 4 is 28.3 Å². The van der Waals surface area contributed by atoms with E-state index in [0.29, 0.717) is 10.1 Å². The second kappa shape index (κ2) is 8.35. The number of carbonyl (C=O) groups excluding carboxylic acids is 1. The number of carbonyl (C=O) groups is 2. The number of nitrogens with zero attached hydrogens (tertiary/aromatic N) is 2. The van der Waals surface area contributed by atoms with Gasteiger partial charge in [-0.25, -0.2) is 0 Å². The van der Waals surface area contributed by atoms with E-state index in [4.69, 9.17) is 5.11 Å². The molecule has 1 aromatic heterocycles. The van der Waals surface area contributed by atoms with E-state index in [1.807, 2.05) is 60.7 Å². The van der Waals surface area contributed by atoms with Crippen molar-refractivity contribution in [3.05, 3.63) is 76.8 Å². The van der Waals surface area contributed by atoms with Gasteiger partial charge in [-0.2, -0.15) is 0 Å². The van der Waals surface area contributed by atoms with E-state index in [-0.39, 0.29) is 24.7 Å². The van der Waals surface area contributed by atoms with E-state index < -0.39 is 5.97 Å². The molecular weight excluding hydrogens is 350 g/mol. The van der Waals surface area contributed by atoms with E-state index in [1.54, 1.807) is 0 Å². The molecule has 132 valence electrons. The molecule has 6 nitrogen and oxygen atoms in total. The molecule has 0 saturated heterocycles. The Hall–Kier alpha value is -3.06. The number of nitrogens with one attached hydrogen (secondary N) is 1. The second-order valence-electron chi connectivity index (χ2n) is 5.70. The van der Waals surface area contributed by atoms with Crippen LogP contribution in [0.4, 0.5) is 5.13 Å². The summed E-state index contributed by atoms with van der Waals surface area (Å²) in [6.45, 7) is 0. The summed E-state index contributed by atoms with van der Waals surface area (Å²) in [5.41, 5.74) is 2.11. The summed E-state index contributed by atoms with van der Waals surface area (Å²) >= 11 is 1.07. The minimum absolute atomic E-state index is 0.0798. The van der Waals surface area contributed by atoms with Crippen molar-refractivity contribution in [1.29, 1.82) is 0 Å². The van der Waals surface area contributed by atoms with Gasteiger partial charge in [-0.3, -0.25) is 9.59 Å². The topological polar surface area (TPSA) is 92.2 Å². The van der Waals surface area contributed by atoms with E-state index in [2.05, 4.69) is 15.5 Å². The van der Waals surface area contributed by atoms with Gasteiger partial charge in [-0.15, -0.1) is 10.2 Å². The molecule has 3 rings (SSSR count). The van der Waals surface area contributed by atoms with Gasteiger partial charge in [0.1, 0.15) is 5.01 Å². The van der Waals surface area contributed by atoms with Gasteiger partial charge in [-0.05, 0) is 11.1 Å². The van der Waals surface area contributed by atoms with Crippen LogP contribution in [0, 0.1) is 0 Å². The van der Waals surface area contributed by atoms with E-state index >= 15 is 0 Å². The first kappa shape index (κ1) is 17.8. The summed E-state index contributed by atoms with van der Waals surface area (Å²) in [5, 5.41) is 19.8. The van der Waals surface area contributed by atoms with Crippen molar-refractivity contribution in [3.63, 3.8) is 0 Å². The summed E-state index contributed by atoms with van der Waals surface area (Å²) in [6, 6.07) is 19.7. The minimum atomic E-state index is -0.979. The van der Waals surface area contributed by atoms with Crippen LogP contribution in [0.1, 0.15) is 28.5 Å². The highest BCUT2D eigenvalue weighted by Crippen LogP contribution is 2.28. The maximum Gasteiger partial charge on any atom is 0.310 e. The van der Waals surface area contributed by atoms with Crippen molar-refractivity contribution in [2.24, 2.45) is 0 Å². The highest BCUT2D eigenvalue weighted by Gasteiger charge is 2.19. The molecule has 0 aliphatic carbocycles. The number of amides is 1. The number of anilines is 1. The third-order valence-electron chi connectivity index (χ3n) is 3.81. The predicted octanol–water partition coefficient (Wildman–Crippen LogP) is 3.33. The first-order valence-electron chi connectivity index (χ1n) is 8.05. The average molecular weight is 367 g/mol. The lowest BCUT2D eigenvalue weighted by Gasteiger charge is -2.17. The number of benzene rings is 2. The zero-order chi connectivity index (χ0) is 18.4. The first-order chi connectivity index (χ1) is 12.6. The Morgan fingerprint density at radius 3 is 2.08 bits per heavy atom. The minimum Gasteiger partial charge on any atom is -0.481 e. The van der Waals surface area contributed by atoms with Crippen LogP contribution in [-0.2, 0) is 16.0 Å². The van der Waals surface area contributed by atoms with Crippen LogP contribution in [0.2, 0.25) is 0 Å². The summed E-state index contributed by atoms with van der Waals surface area (Å²) < 4.78 is 0. The number of carboxylic acid groups (broad SMARTS) is 1. The molecule has 0 aliphatic heterocycles. The predicted molar refractivity (Wildman–Crippen MR) is 99.2 cm³/mol. The highest BCUT2D eigenvalue weighted by atomic mass is 32.1. The fourth-order valence-corrected chi connectivity index (χ4v) is 3.41. The largest absolute Gasteiger partial charge is 0.481 e. The molecule has 0 spiro atoms. The van der Waals surface area contributed by atoms with Gasteiger partial charge in [0.2, 0.25) is 11.0 Å². The zero-order valence-electron chi connectivity index (χ0n) is 13.8. The Morgan fingerprint density at radius 2 is 1.54 bits per heavy atom. The Labute approximate surface area is 154 Å². The van der Waals surface area contributed by atoms with Gasteiger partial charge >= 0.3 is 5.97 Å². The van der Waals surface area contributed by atoms with Crippen molar-refractivity contribution in [2.45, 2.75) is 18.8 Å². The number of rotatable bonds is 7. The lowest BCUT2D eigenvalue weighted by molar-refractivity contribution is -0.136. The number of aromatic nitrogens is 2. The molecule has 0 radical (unpaired) electrons. The smallest absolute Gasteiger partial charge is 0.310 e. The fraction of sp³-hybridized carbons (Fsp3) is 0.158. The zero-order valence-corrected chi connectivity index (χ0v) is 14.6. The molecule has 3 aromatic rings. The molecule has 0 aliphatic rings. The molecule has 26 heavy (non-hydrogen) atoms. The molecule has 0 fully saturated rings. The van der Waals surface area contributed by atoms with Gasteiger partial charge < -0.3 is 10.4 Å². The van der Waals surface area contributed by atoms with Crippen molar-refractivity contribution in [3.8, 4) is 0 Å². The molecule has 0 saturated carbocycles. The number of aliphatic carboxylic acids is 1. The molecule has 2 N–H and O–H groups in total. The molecule has 0 unspecified atom stereocenters. The Morgan fingerprint density at radius 1 is 0.962 bits per heavy atom. The first-order valence-corrected chi connectivity index (χ1v) is 8.87. The van der Waals surface area contributed by atoms with Crippen molar-refractivity contribution in [1.82, 2.24) is 10.2 Å². The summed E-state index contributed by atoms with van der Waals surface area (Å²) in [4.78, 5) is 23.2. The van der Waals surface area contributed by atoms with Crippen LogP contribution < -0.4 is 5.32 Å². The third kappa shape index (κ3) is 4.73. The maximum absolute atomic E-state index is 12.5. The molecule has 1 amide bonds. The van der Waals surface area contributed by atoms with Gasteiger partial charge in [0.05, 0.1) is 6.42 Å². The van der Waals surface area contributed by atoms with E-state index in [9.17, 15) is 9.59 Å². The molecular formula is C19H17N3O3S. The van der Waals surface area contributed by atoms with Crippen molar-refractivity contribution < 1.29 is 14.7 Å². The van der Waals surface area contributed by atoms with Gasteiger partial charge in [-0.1, -0.05) is 72.0 Å². The van der Waals surface area contributed by atoms with Crippen LogP contribution in [0.25, 0.3) is 0 Å². The van der Waals surface area contributed by atoms with Gasteiger partial charge in [0.25, 0.3) is 0 Å². The third-order valence-corrected chi connectivity index (χ3v) is 4.65. The van der Waals surface area contributed by atoms with Crippen LogP contribution >= 0.6 is 11.3 Å². The second-order valence-corrected chi connectivity index (χ2v) is 6.76. The summed E-state index contributed by atoms with van der Waals surface area (Å²) in [6.07, 6.45) is 0.0477. The van der Waals surface area contributed by atoms with Crippen LogP contribution in [-0.4, -0.2) is 27.2 Å². The summed E-state index contributed by atoms with van der Waals surface area (Å²) in [7, 11) is 0. The standard InChI is InChI=1S/C19H17N3O3S/c23-16(20-19-22-21-17(26-19)12-18(24)25)11-15(13-7-3-1-4-8-13)14-9-5-2-6-10-14/h1-10,15H,11-12H2,(H,24,25)(H,20,22,23). The highest BCUT2D eigenvalue weighted by molar-refractivity contribution is 7.15. The number of carboxylic acids is 1. The van der Waals surface area contributed by atoms with Crippen LogP contribution in [0.15, 0.2) is 60.7 Å². The molecule has 7 heteroatoms. The van der Waals surface area contributed by atoms with Gasteiger partial charge in [0.15, 0.2) is 0 Å². The summed E-state index contributed by atoms with van der Waals surface area (Å²) in [5.74, 6) is -1.25. The SMILES string of the molecule is O=C(O)Cc1nnc(NC(=O)CC(c2ccccc2)c2ccccc2)s1. The number of hydrogen-bond donors (Lipinski definition) is 2. The number of hydrogen-bond acceptors (Lipinski definition) is 5. The molecule has 2 aromatic carbocycles. The lowest BCUT2D eigenvalue weighted by atomic mass is 9.88.